The molecule has 1 aromatic rings. The van der Waals surface area contributed by atoms with Crippen LogP contribution in [0.4, 0.5) is 0 Å². The highest BCUT2D eigenvalue weighted by Crippen LogP contribution is 2.29. The zero-order valence-corrected chi connectivity index (χ0v) is 8.73. The molecule has 0 saturated carbocycles. The van der Waals surface area contributed by atoms with Gasteiger partial charge in [0.15, 0.2) is 0 Å². The van der Waals surface area contributed by atoms with E-state index in [9.17, 15) is 4.79 Å². The predicted octanol–water partition coefficient (Wildman–Crippen LogP) is 1.86. The Morgan fingerprint density at radius 1 is 1.47 bits per heavy atom. The quantitative estimate of drug-likeness (QED) is 0.557. The number of carbonyl (C=O) groups excluding carboxylic acids is 1. The Kier molecular flexibility index (Phi) is 3.02. The van der Waals surface area contributed by atoms with Crippen LogP contribution in [0, 0.1) is 0 Å². The average molecular weight is 206 g/mol. The van der Waals surface area contributed by atoms with Crippen molar-refractivity contribution in [3.63, 3.8) is 0 Å². The number of hydrogen-bond donors (Lipinski definition) is 0. The molecule has 0 amide bonds. The van der Waals surface area contributed by atoms with Crippen molar-refractivity contribution in [1.82, 2.24) is 0 Å². The molecule has 1 atom stereocenters. The van der Waals surface area contributed by atoms with Gasteiger partial charge in [0.05, 0.1) is 13.7 Å². The molecule has 0 unspecified atom stereocenters. The van der Waals surface area contributed by atoms with E-state index in [2.05, 4.69) is 16.9 Å². The Hall–Kier alpha value is -1.35. The van der Waals surface area contributed by atoms with Gasteiger partial charge in [-0.25, -0.2) is 0 Å². The lowest BCUT2D eigenvalue weighted by Gasteiger charge is -2.01. The fourth-order valence-corrected chi connectivity index (χ4v) is 1.49. The summed E-state index contributed by atoms with van der Waals surface area (Å²) in [5, 5.41) is 0. The molecule has 1 heterocycles. The molecule has 0 bridgehead atoms. The fraction of sp³-hybridized carbons (Fsp3) is 0.417. The summed E-state index contributed by atoms with van der Waals surface area (Å²) in [6, 6.07) is 8.20. The maximum absolute atomic E-state index is 10.9. The van der Waals surface area contributed by atoms with Crippen LogP contribution in [0.25, 0.3) is 0 Å². The number of aryl methyl sites for hydroxylation is 1. The molecule has 3 nitrogen and oxygen atoms in total. The highest BCUT2D eigenvalue weighted by atomic mass is 16.6. The van der Waals surface area contributed by atoms with Crippen LogP contribution in [0.5, 0.6) is 0 Å². The first-order chi connectivity index (χ1) is 7.29. The summed E-state index contributed by atoms with van der Waals surface area (Å²) in [5.74, 6) is -0.162. The molecule has 0 radical (unpaired) electrons. The minimum atomic E-state index is -0.162. The number of ether oxygens (including phenoxy) is 2. The maximum Gasteiger partial charge on any atom is 0.305 e. The van der Waals surface area contributed by atoms with Gasteiger partial charge in [-0.2, -0.15) is 0 Å². The Balaban J connectivity index is 1.89. The normalized spacial score (nSPS) is 18.6. The van der Waals surface area contributed by atoms with Gasteiger partial charge in [0.2, 0.25) is 0 Å². The maximum atomic E-state index is 10.9. The van der Waals surface area contributed by atoms with Crippen LogP contribution in [-0.4, -0.2) is 19.7 Å². The number of epoxide rings is 1. The zero-order valence-electron chi connectivity index (χ0n) is 8.73. The van der Waals surface area contributed by atoms with Gasteiger partial charge in [-0.1, -0.05) is 24.3 Å². The second kappa shape index (κ2) is 4.45. The van der Waals surface area contributed by atoms with E-state index in [1.165, 1.54) is 12.7 Å². The van der Waals surface area contributed by atoms with Crippen LogP contribution >= 0.6 is 0 Å². The van der Waals surface area contributed by atoms with E-state index in [-0.39, 0.29) is 5.97 Å². The smallest absolute Gasteiger partial charge is 0.305 e. The molecule has 0 spiro atoms. The molecule has 0 aromatic heterocycles. The molecule has 0 N–H and O–H groups in total. The molecule has 2 rings (SSSR count). The van der Waals surface area contributed by atoms with Crippen LogP contribution in [0.3, 0.4) is 0 Å². The number of rotatable bonds is 4. The van der Waals surface area contributed by atoms with E-state index in [1.807, 2.05) is 12.1 Å². The standard InChI is InChI=1S/C12H14O3/c1-14-12(13)7-4-9-2-5-10(6-3-9)11-8-15-11/h2-3,5-6,11H,4,7-8H2,1H3/t11-/m1/s1. The van der Waals surface area contributed by atoms with E-state index >= 15 is 0 Å². The fourth-order valence-electron chi connectivity index (χ4n) is 1.49. The lowest BCUT2D eigenvalue weighted by atomic mass is 10.1. The third-order valence-electron chi connectivity index (χ3n) is 2.53. The molecule has 1 aromatic carbocycles. The summed E-state index contributed by atoms with van der Waals surface area (Å²) in [4.78, 5) is 10.9. The molecule has 1 saturated heterocycles. The summed E-state index contributed by atoms with van der Waals surface area (Å²) >= 11 is 0. The number of esters is 1. The minimum Gasteiger partial charge on any atom is -0.469 e. The Labute approximate surface area is 89.0 Å². The van der Waals surface area contributed by atoms with Crippen molar-refractivity contribution in [2.24, 2.45) is 0 Å². The number of carbonyl (C=O) groups is 1. The van der Waals surface area contributed by atoms with Crippen molar-refractivity contribution >= 4 is 5.97 Å². The molecular formula is C12H14O3. The van der Waals surface area contributed by atoms with Crippen molar-refractivity contribution in [2.45, 2.75) is 18.9 Å². The molecule has 3 heteroatoms. The van der Waals surface area contributed by atoms with Gasteiger partial charge in [0.25, 0.3) is 0 Å². The molecular weight excluding hydrogens is 192 g/mol. The molecule has 80 valence electrons. The topological polar surface area (TPSA) is 38.8 Å². The summed E-state index contributed by atoms with van der Waals surface area (Å²) in [6.45, 7) is 0.835. The molecule has 0 aliphatic carbocycles. The Bertz CT molecular complexity index is 338. The van der Waals surface area contributed by atoms with Crippen molar-refractivity contribution < 1.29 is 14.3 Å². The van der Waals surface area contributed by atoms with Gasteiger partial charge >= 0.3 is 5.97 Å². The lowest BCUT2D eigenvalue weighted by Crippen LogP contribution is -2.01. The van der Waals surface area contributed by atoms with Crippen LogP contribution in [-0.2, 0) is 20.7 Å². The van der Waals surface area contributed by atoms with Crippen molar-refractivity contribution in [1.29, 1.82) is 0 Å². The van der Waals surface area contributed by atoms with Gasteiger partial charge in [-0.3, -0.25) is 4.79 Å². The van der Waals surface area contributed by atoms with Gasteiger partial charge < -0.3 is 9.47 Å². The van der Waals surface area contributed by atoms with E-state index in [0.29, 0.717) is 12.5 Å². The van der Waals surface area contributed by atoms with E-state index in [1.54, 1.807) is 0 Å². The van der Waals surface area contributed by atoms with Crippen LogP contribution < -0.4 is 0 Å². The van der Waals surface area contributed by atoms with E-state index in [0.717, 1.165) is 18.6 Å². The lowest BCUT2D eigenvalue weighted by molar-refractivity contribution is -0.140. The summed E-state index contributed by atoms with van der Waals surface area (Å²) in [7, 11) is 1.41. The van der Waals surface area contributed by atoms with Crippen LogP contribution in [0.2, 0.25) is 0 Å². The first-order valence-electron chi connectivity index (χ1n) is 5.07. The summed E-state index contributed by atoms with van der Waals surface area (Å²) in [5.41, 5.74) is 2.38. The van der Waals surface area contributed by atoms with Crippen molar-refractivity contribution in [2.75, 3.05) is 13.7 Å². The summed E-state index contributed by atoms with van der Waals surface area (Å²) in [6.07, 6.45) is 1.48. The third kappa shape index (κ3) is 2.80. The number of hydrogen-bond acceptors (Lipinski definition) is 3. The zero-order chi connectivity index (χ0) is 10.7. The predicted molar refractivity (Wildman–Crippen MR) is 55.5 cm³/mol. The van der Waals surface area contributed by atoms with Gasteiger partial charge in [-0.15, -0.1) is 0 Å². The van der Waals surface area contributed by atoms with Crippen LogP contribution in [0.15, 0.2) is 24.3 Å². The average Bonchev–Trinajstić information content (AvgIpc) is 3.10. The SMILES string of the molecule is COC(=O)CCc1ccc([C@H]2CO2)cc1. The second-order valence-electron chi connectivity index (χ2n) is 3.64. The first-order valence-corrected chi connectivity index (χ1v) is 5.07. The first kappa shape index (κ1) is 10.2. The monoisotopic (exact) mass is 206 g/mol. The largest absolute Gasteiger partial charge is 0.469 e. The molecule has 1 fully saturated rings. The minimum absolute atomic E-state index is 0.162. The highest BCUT2D eigenvalue weighted by Gasteiger charge is 2.24. The van der Waals surface area contributed by atoms with E-state index in [4.69, 9.17) is 4.74 Å². The van der Waals surface area contributed by atoms with Gasteiger partial charge in [0, 0.05) is 6.42 Å². The van der Waals surface area contributed by atoms with E-state index < -0.39 is 0 Å². The summed E-state index contributed by atoms with van der Waals surface area (Å²) < 4.78 is 9.76. The second-order valence-corrected chi connectivity index (χ2v) is 3.64. The molecule has 1 aliphatic rings. The Morgan fingerprint density at radius 2 is 2.13 bits per heavy atom. The Morgan fingerprint density at radius 3 is 2.67 bits per heavy atom. The van der Waals surface area contributed by atoms with Crippen LogP contribution in [0.1, 0.15) is 23.7 Å². The highest BCUT2D eigenvalue weighted by molar-refractivity contribution is 5.69. The molecule has 15 heavy (non-hydrogen) atoms. The van der Waals surface area contributed by atoms with Crippen molar-refractivity contribution in [3.05, 3.63) is 35.4 Å². The molecule has 1 aliphatic heterocycles. The van der Waals surface area contributed by atoms with Crippen molar-refractivity contribution in [3.8, 4) is 0 Å². The third-order valence-corrected chi connectivity index (χ3v) is 2.53. The van der Waals surface area contributed by atoms with Gasteiger partial charge in [0.1, 0.15) is 6.10 Å². The number of benzene rings is 1. The number of methoxy groups -OCH3 is 1. The van der Waals surface area contributed by atoms with Gasteiger partial charge in [-0.05, 0) is 17.5 Å².